The van der Waals surface area contributed by atoms with E-state index in [9.17, 15) is 10.1 Å². The number of nitro benzene ring substituents is 1. The number of nitrogens with one attached hydrogen (secondary N) is 1. The quantitative estimate of drug-likeness (QED) is 0.616. The summed E-state index contributed by atoms with van der Waals surface area (Å²) >= 11 is 7.54. The van der Waals surface area contributed by atoms with Gasteiger partial charge in [-0.1, -0.05) is 18.5 Å². The number of rotatable bonds is 7. The van der Waals surface area contributed by atoms with E-state index < -0.39 is 4.92 Å². The number of hydrogen-bond acceptors (Lipinski definition) is 4. The average molecular weight is 289 g/mol. The second-order valence-electron chi connectivity index (χ2n) is 3.97. The molecule has 1 rings (SSSR count). The molecule has 1 N–H and O–H groups in total. The molecule has 1 unspecified atom stereocenters. The van der Waals surface area contributed by atoms with Crippen molar-refractivity contribution >= 4 is 29.1 Å². The maximum absolute atomic E-state index is 10.9. The molecule has 0 saturated heterocycles. The zero-order chi connectivity index (χ0) is 13.5. The lowest BCUT2D eigenvalue weighted by Crippen LogP contribution is -2.30. The molecule has 1 aromatic carbocycles. The van der Waals surface area contributed by atoms with Crippen molar-refractivity contribution in [3.63, 3.8) is 0 Å². The van der Waals surface area contributed by atoms with Gasteiger partial charge in [0.15, 0.2) is 0 Å². The smallest absolute Gasteiger partial charge is 0.275 e. The van der Waals surface area contributed by atoms with Gasteiger partial charge in [-0.25, -0.2) is 0 Å². The third kappa shape index (κ3) is 4.48. The molecule has 1 aromatic rings. The molecule has 0 amide bonds. The van der Waals surface area contributed by atoms with Gasteiger partial charge in [0.2, 0.25) is 0 Å². The Kier molecular flexibility index (Phi) is 6.46. The van der Waals surface area contributed by atoms with Gasteiger partial charge in [-0.05, 0) is 24.8 Å². The van der Waals surface area contributed by atoms with Crippen molar-refractivity contribution in [3.05, 3.63) is 38.9 Å². The zero-order valence-corrected chi connectivity index (χ0v) is 12.1. The largest absolute Gasteiger partial charge is 0.309 e. The molecular formula is C12H17ClN2O2S. The first-order valence-corrected chi connectivity index (χ1v) is 7.50. The summed E-state index contributed by atoms with van der Waals surface area (Å²) in [5.74, 6) is 0.998. The van der Waals surface area contributed by atoms with Gasteiger partial charge in [0.05, 0.1) is 4.92 Å². The van der Waals surface area contributed by atoms with Crippen LogP contribution in [0.2, 0.25) is 5.02 Å². The molecule has 0 heterocycles. The van der Waals surface area contributed by atoms with Crippen molar-refractivity contribution in [2.45, 2.75) is 25.9 Å². The van der Waals surface area contributed by atoms with Crippen LogP contribution >= 0.6 is 23.4 Å². The summed E-state index contributed by atoms with van der Waals surface area (Å²) < 4.78 is 0. The molecule has 0 aromatic heterocycles. The Hall–Kier alpha value is -0.780. The fourth-order valence-electron chi connectivity index (χ4n) is 1.63. The van der Waals surface area contributed by atoms with Crippen molar-refractivity contribution in [1.29, 1.82) is 0 Å². The third-order valence-corrected chi connectivity index (χ3v) is 3.66. The normalized spacial score (nSPS) is 12.4. The summed E-state index contributed by atoms with van der Waals surface area (Å²) in [5.41, 5.74) is 0.748. The van der Waals surface area contributed by atoms with Crippen LogP contribution in [0, 0.1) is 10.1 Å². The minimum absolute atomic E-state index is 0.0778. The highest BCUT2D eigenvalue weighted by Crippen LogP contribution is 2.23. The number of nitrogens with zero attached hydrogens (tertiary/aromatic N) is 1. The molecule has 0 aliphatic heterocycles. The first-order valence-electron chi connectivity index (χ1n) is 5.73. The van der Waals surface area contributed by atoms with Gasteiger partial charge in [0, 0.05) is 35.0 Å². The van der Waals surface area contributed by atoms with Gasteiger partial charge < -0.3 is 5.32 Å². The van der Waals surface area contributed by atoms with E-state index in [4.69, 9.17) is 11.6 Å². The Morgan fingerprint density at radius 3 is 2.83 bits per heavy atom. The highest BCUT2D eigenvalue weighted by Gasteiger charge is 2.15. The third-order valence-electron chi connectivity index (χ3n) is 2.69. The van der Waals surface area contributed by atoms with Crippen LogP contribution in [0.15, 0.2) is 18.2 Å². The second-order valence-corrected chi connectivity index (χ2v) is 5.32. The summed E-state index contributed by atoms with van der Waals surface area (Å²) in [6.45, 7) is 2.59. The summed E-state index contributed by atoms with van der Waals surface area (Å²) in [4.78, 5) is 10.5. The summed E-state index contributed by atoms with van der Waals surface area (Å²) in [7, 11) is 0. The molecular weight excluding hydrogens is 272 g/mol. The fraction of sp³-hybridized carbons (Fsp3) is 0.500. The van der Waals surface area contributed by atoms with E-state index in [2.05, 4.69) is 18.5 Å². The Morgan fingerprint density at radius 2 is 2.28 bits per heavy atom. The molecule has 0 radical (unpaired) electrons. The Balaban J connectivity index is 2.74. The number of hydrogen-bond donors (Lipinski definition) is 1. The monoisotopic (exact) mass is 288 g/mol. The molecule has 0 aliphatic carbocycles. The molecule has 18 heavy (non-hydrogen) atoms. The predicted molar refractivity (Wildman–Crippen MR) is 77.4 cm³/mol. The first-order chi connectivity index (χ1) is 8.58. The summed E-state index contributed by atoms with van der Waals surface area (Å²) in [5, 5.41) is 14.7. The molecule has 4 nitrogen and oxygen atoms in total. The molecule has 0 saturated carbocycles. The van der Waals surface area contributed by atoms with Crippen LogP contribution in [0.3, 0.4) is 0 Å². The van der Waals surface area contributed by atoms with E-state index in [0.29, 0.717) is 23.2 Å². The Bertz CT molecular complexity index is 415. The van der Waals surface area contributed by atoms with Gasteiger partial charge >= 0.3 is 0 Å². The molecule has 0 fully saturated rings. The predicted octanol–water partition coefficient (Wildman–Crippen LogP) is 3.48. The molecule has 100 valence electrons. The van der Waals surface area contributed by atoms with Crippen molar-refractivity contribution in [2.24, 2.45) is 0 Å². The Morgan fingerprint density at radius 1 is 1.56 bits per heavy atom. The zero-order valence-electron chi connectivity index (χ0n) is 10.5. The van der Waals surface area contributed by atoms with E-state index >= 15 is 0 Å². The summed E-state index contributed by atoms with van der Waals surface area (Å²) in [6, 6.07) is 5.16. The van der Waals surface area contributed by atoms with Gasteiger partial charge in [0.25, 0.3) is 5.69 Å². The molecule has 6 heteroatoms. The SMILES string of the molecule is CCC(CSC)NCc1ccc(Cl)cc1[N+](=O)[O-]. The maximum atomic E-state index is 10.9. The first kappa shape index (κ1) is 15.3. The van der Waals surface area contributed by atoms with E-state index in [1.165, 1.54) is 6.07 Å². The highest BCUT2D eigenvalue weighted by molar-refractivity contribution is 7.98. The number of benzene rings is 1. The van der Waals surface area contributed by atoms with Crippen molar-refractivity contribution in [3.8, 4) is 0 Å². The standard InChI is InChI=1S/C12H17ClN2O2S/c1-3-11(8-18-2)14-7-9-4-5-10(13)6-12(9)15(16)17/h4-6,11,14H,3,7-8H2,1-2H3. The van der Waals surface area contributed by atoms with Crippen LogP contribution in [0.1, 0.15) is 18.9 Å². The maximum Gasteiger partial charge on any atom is 0.275 e. The molecule has 1 atom stereocenters. The van der Waals surface area contributed by atoms with Gasteiger partial charge in [-0.2, -0.15) is 11.8 Å². The van der Waals surface area contributed by atoms with Crippen LogP contribution < -0.4 is 5.32 Å². The highest BCUT2D eigenvalue weighted by atomic mass is 35.5. The number of halogens is 1. The molecule has 0 aliphatic rings. The Labute approximate surface area is 116 Å². The van der Waals surface area contributed by atoms with Crippen molar-refractivity contribution < 1.29 is 4.92 Å². The number of thioether (sulfide) groups is 1. The average Bonchev–Trinajstić information content (AvgIpc) is 2.35. The van der Waals surface area contributed by atoms with E-state index in [-0.39, 0.29) is 5.69 Å². The van der Waals surface area contributed by atoms with Crippen LogP contribution in [0.5, 0.6) is 0 Å². The second kappa shape index (κ2) is 7.61. The van der Waals surface area contributed by atoms with E-state index in [1.54, 1.807) is 23.9 Å². The van der Waals surface area contributed by atoms with Gasteiger partial charge in [-0.15, -0.1) is 0 Å². The lowest BCUT2D eigenvalue weighted by molar-refractivity contribution is -0.385. The van der Waals surface area contributed by atoms with E-state index in [1.807, 2.05) is 0 Å². The molecule has 0 bridgehead atoms. The number of nitro groups is 1. The van der Waals surface area contributed by atoms with Gasteiger partial charge in [-0.3, -0.25) is 10.1 Å². The lowest BCUT2D eigenvalue weighted by Gasteiger charge is -2.15. The topological polar surface area (TPSA) is 55.2 Å². The minimum atomic E-state index is -0.390. The summed E-state index contributed by atoms with van der Waals surface area (Å²) in [6.07, 6.45) is 3.05. The van der Waals surface area contributed by atoms with Crippen LogP contribution in [-0.2, 0) is 6.54 Å². The lowest BCUT2D eigenvalue weighted by atomic mass is 10.1. The van der Waals surface area contributed by atoms with Crippen LogP contribution in [-0.4, -0.2) is 23.0 Å². The molecule has 0 spiro atoms. The fourth-order valence-corrected chi connectivity index (χ4v) is 2.56. The van der Waals surface area contributed by atoms with Crippen LogP contribution in [0.25, 0.3) is 0 Å². The van der Waals surface area contributed by atoms with Gasteiger partial charge in [0.1, 0.15) is 0 Å². The van der Waals surface area contributed by atoms with Crippen molar-refractivity contribution in [1.82, 2.24) is 5.32 Å². The minimum Gasteiger partial charge on any atom is -0.309 e. The van der Waals surface area contributed by atoms with E-state index in [0.717, 1.165) is 12.2 Å². The van der Waals surface area contributed by atoms with Crippen molar-refractivity contribution in [2.75, 3.05) is 12.0 Å². The van der Waals surface area contributed by atoms with Crippen LogP contribution in [0.4, 0.5) is 5.69 Å².